The summed E-state index contributed by atoms with van der Waals surface area (Å²) in [7, 11) is 0. The van der Waals surface area contributed by atoms with Crippen LogP contribution in [0.1, 0.15) is 24.4 Å². The van der Waals surface area contributed by atoms with Crippen LogP contribution in [0, 0.1) is 0 Å². The number of nitrogens with zero attached hydrogens (tertiary/aromatic N) is 1. The zero-order chi connectivity index (χ0) is 14.5. The summed E-state index contributed by atoms with van der Waals surface area (Å²) in [5.74, 6) is 1.79. The molecule has 1 aliphatic heterocycles. The third-order valence-corrected chi connectivity index (χ3v) is 3.95. The van der Waals surface area contributed by atoms with Crippen LogP contribution in [0.15, 0.2) is 67.3 Å². The van der Waals surface area contributed by atoms with Crippen LogP contribution in [-0.2, 0) is 0 Å². The van der Waals surface area contributed by atoms with E-state index in [9.17, 15) is 0 Å². The van der Waals surface area contributed by atoms with Crippen molar-refractivity contribution in [1.82, 2.24) is 4.90 Å². The molecule has 0 saturated carbocycles. The predicted molar refractivity (Wildman–Crippen MR) is 86.7 cm³/mol. The Kier molecular flexibility index (Phi) is 4.37. The summed E-state index contributed by atoms with van der Waals surface area (Å²) >= 11 is 0. The average molecular weight is 279 g/mol. The van der Waals surface area contributed by atoms with Crippen molar-refractivity contribution < 1.29 is 4.74 Å². The predicted octanol–water partition coefficient (Wildman–Crippen LogP) is 4.80. The van der Waals surface area contributed by atoms with Gasteiger partial charge in [-0.3, -0.25) is 4.90 Å². The Labute approximate surface area is 126 Å². The SMILES string of the molecule is C=CCN1CCCC1c1cccc(Oc2ccccc2)c1. The van der Waals surface area contributed by atoms with Gasteiger partial charge in [-0.25, -0.2) is 0 Å². The first-order valence-corrected chi connectivity index (χ1v) is 7.54. The van der Waals surface area contributed by atoms with Crippen LogP contribution >= 0.6 is 0 Å². The van der Waals surface area contributed by atoms with Crippen molar-refractivity contribution in [3.63, 3.8) is 0 Å². The van der Waals surface area contributed by atoms with Crippen molar-refractivity contribution in [2.75, 3.05) is 13.1 Å². The molecule has 0 aromatic heterocycles. The number of likely N-dealkylation sites (tertiary alicyclic amines) is 1. The highest BCUT2D eigenvalue weighted by molar-refractivity contribution is 5.35. The molecule has 0 N–H and O–H groups in total. The summed E-state index contributed by atoms with van der Waals surface area (Å²) in [6.07, 6.45) is 4.45. The minimum absolute atomic E-state index is 0.488. The Balaban J connectivity index is 1.78. The van der Waals surface area contributed by atoms with E-state index >= 15 is 0 Å². The molecule has 108 valence electrons. The van der Waals surface area contributed by atoms with Crippen molar-refractivity contribution >= 4 is 0 Å². The molecule has 1 unspecified atom stereocenters. The van der Waals surface area contributed by atoms with Gasteiger partial charge in [0.15, 0.2) is 0 Å². The lowest BCUT2D eigenvalue weighted by atomic mass is 10.0. The van der Waals surface area contributed by atoms with Crippen LogP contribution in [0.5, 0.6) is 11.5 Å². The van der Waals surface area contributed by atoms with E-state index in [0.717, 1.165) is 24.6 Å². The van der Waals surface area contributed by atoms with E-state index in [2.05, 4.69) is 29.7 Å². The van der Waals surface area contributed by atoms with Crippen molar-refractivity contribution in [1.29, 1.82) is 0 Å². The molecule has 1 saturated heterocycles. The third-order valence-electron chi connectivity index (χ3n) is 3.95. The number of hydrogen-bond acceptors (Lipinski definition) is 2. The molecule has 1 fully saturated rings. The minimum atomic E-state index is 0.488. The number of para-hydroxylation sites is 1. The van der Waals surface area contributed by atoms with Crippen molar-refractivity contribution in [2.24, 2.45) is 0 Å². The van der Waals surface area contributed by atoms with Crippen molar-refractivity contribution in [2.45, 2.75) is 18.9 Å². The van der Waals surface area contributed by atoms with E-state index in [-0.39, 0.29) is 0 Å². The van der Waals surface area contributed by atoms with Gasteiger partial charge < -0.3 is 4.74 Å². The van der Waals surface area contributed by atoms with Gasteiger partial charge in [-0.05, 0) is 49.2 Å². The van der Waals surface area contributed by atoms with E-state index in [1.165, 1.54) is 18.4 Å². The third kappa shape index (κ3) is 3.34. The smallest absolute Gasteiger partial charge is 0.127 e. The summed E-state index contributed by atoms with van der Waals surface area (Å²) in [5.41, 5.74) is 1.34. The Morgan fingerprint density at radius 2 is 1.90 bits per heavy atom. The maximum absolute atomic E-state index is 5.94. The molecule has 21 heavy (non-hydrogen) atoms. The van der Waals surface area contributed by atoms with E-state index < -0.39 is 0 Å². The molecule has 0 radical (unpaired) electrons. The van der Waals surface area contributed by atoms with Crippen LogP contribution in [0.2, 0.25) is 0 Å². The van der Waals surface area contributed by atoms with Crippen LogP contribution in [0.3, 0.4) is 0 Å². The maximum atomic E-state index is 5.94. The molecule has 0 aliphatic carbocycles. The molecule has 0 amide bonds. The number of rotatable bonds is 5. The monoisotopic (exact) mass is 279 g/mol. The fourth-order valence-electron chi connectivity index (χ4n) is 3.00. The van der Waals surface area contributed by atoms with Crippen LogP contribution in [0.4, 0.5) is 0 Å². The number of hydrogen-bond donors (Lipinski definition) is 0. The zero-order valence-corrected chi connectivity index (χ0v) is 12.2. The first-order valence-electron chi connectivity index (χ1n) is 7.54. The van der Waals surface area contributed by atoms with Gasteiger partial charge in [-0.1, -0.05) is 36.4 Å². The second kappa shape index (κ2) is 6.59. The summed E-state index contributed by atoms with van der Waals surface area (Å²) in [5, 5.41) is 0. The normalized spacial score (nSPS) is 18.6. The Hall–Kier alpha value is -2.06. The van der Waals surface area contributed by atoms with Gasteiger partial charge in [-0.15, -0.1) is 6.58 Å². The summed E-state index contributed by atoms with van der Waals surface area (Å²) in [6.45, 7) is 5.97. The summed E-state index contributed by atoms with van der Waals surface area (Å²) in [4.78, 5) is 2.48. The first kappa shape index (κ1) is 13.9. The molecule has 1 atom stereocenters. The number of benzene rings is 2. The lowest BCUT2D eigenvalue weighted by Gasteiger charge is -2.23. The van der Waals surface area contributed by atoms with Gasteiger partial charge in [0.2, 0.25) is 0 Å². The van der Waals surface area contributed by atoms with Crippen LogP contribution in [0.25, 0.3) is 0 Å². The van der Waals surface area contributed by atoms with Gasteiger partial charge in [0.05, 0.1) is 0 Å². The zero-order valence-electron chi connectivity index (χ0n) is 12.2. The highest BCUT2D eigenvalue weighted by atomic mass is 16.5. The van der Waals surface area contributed by atoms with Gasteiger partial charge in [-0.2, -0.15) is 0 Å². The Morgan fingerprint density at radius 1 is 1.10 bits per heavy atom. The molecule has 0 bridgehead atoms. The second-order valence-electron chi connectivity index (χ2n) is 5.43. The van der Waals surface area contributed by atoms with Gasteiger partial charge in [0, 0.05) is 12.6 Å². The molecular formula is C19H21NO. The van der Waals surface area contributed by atoms with Crippen LogP contribution in [-0.4, -0.2) is 18.0 Å². The summed E-state index contributed by atoms with van der Waals surface area (Å²) in [6, 6.07) is 18.9. The van der Waals surface area contributed by atoms with Gasteiger partial charge in [0.25, 0.3) is 0 Å². The van der Waals surface area contributed by atoms with Crippen LogP contribution < -0.4 is 4.74 Å². The molecule has 1 aliphatic rings. The largest absolute Gasteiger partial charge is 0.457 e. The standard InChI is InChI=1S/C19H21NO/c1-2-13-20-14-7-12-19(20)16-8-6-11-18(15-16)21-17-9-4-3-5-10-17/h2-6,8-11,15,19H,1,7,12-14H2. The molecular weight excluding hydrogens is 258 g/mol. The highest BCUT2D eigenvalue weighted by Crippen LogP contribution is 2.34. The topological polar surface area (TPSA) is 12.5 Å². The first-order chi connectivity index (χ1) is 10.4. The molecule has 2 nitrogen and oxygen atoms in total. The fraction of sp³-hybridized carbons (Fsp3) is 0.263. The molecule has 0 spiro atoms. The van der Waals surface area contributed by atoms with E-state index in [1.54, 1.807) is 0 Å². The second-order valence-corrected chi connectivity index (χ2v) is 5.43. The van der Waals surface area contributed by atoms with Gasteiger partial charge in [0.1, 0.15) is 11.5 Å². The van der Waals surface area contributed by atoms with Gasteiger partial charge >= 0.3 is 0 Å². The quantitative estimate of drug-likeness (QED) is 0.729. The van der Waals surface area contributed by atoms with E-state index in [1.807, 2.05) is 42.5 Å². The molecule has 1 heterocycles. The lowest BCUT2D eigenvalue weighted by molar-refractivity contribution is 0.285. The molecule has 3 rings (SSSR count). The van der Waals surface area contributed by atoms with E-state index in [4.69, 9.17) is 4.74 Å². The molecule has 2 aromatic carbocycles. The Bertz CT molecular complexity index is 594. The minimum Gasteiger partial charge on any atom is -0.457 e. The molecule has 2 heteroatoms. The van der Waals surface area contributed by atoms with Crippen molar-refractivity contribution in [3.8, 4) is 11.5 Å². The summed E-state index contributed by atoms with van der Waals surface area (Å²) < 4.78 is 5.94. The van der Waals surface area contributed by atoms with E-state index in [0.29, 0.717) is 6.04 Å². The molecule has 2 aromatic rings. The number of ether oxygens (including phenoxy) is 1. The Morgan fingerprint density at radius 3 is 2.71 bits per heavy atom. The maximum Gasteiger partial charge on any atom is 0.127 e. The lowest BCUT2D eigenvalue weighted by Crippen LogP contribution is -2.23. The van der Waals surface area contributed by atoms with Crippen molar-refractivity contribution in [3.05, 3.63) is 72.8 Å². The fourth-order valence-corrected chi connectivity index (χ4v) is 3.00. The average Bonchev–Trinajstić information content (AvgIpc) is 2.97. The highest BCUT2D eigenvalue weighted by Gasteiger charge is 2.24.